The number of carbonyl (C=O) groups excluding carboxylic acids is 2. The lowest BCUT2D eigenvalue weighted by molar-refractivity contribution is -0.250. The summed E-state index contributed by atoms with van der Waals surface area (Å²) in [4.78, 5) is 38.7. The molecule has 0 radical (unpaired) electrons. The number of amides is 1. The summed E-state index contributed by atoms with van der Waals surface area (Å²) in [6, 6.07) is 0.387. The maximum atomic E-state index is 14.0. The van der Waals surface area contributed by atoms with Crippen molar-refractivity contribution in [3.05, 3.63) is 12.2 Å². The lowest BCUT2D eigenvalue weighted by Gasteiger charge is -2.73. The van der Waals surface area contributed by atoms with Crippen LogP contribution < -0.4 is 5.32 Å². The van der Waals surface area contributed by atoms with Gasteiger partial charge in [-0.2, -0.15) is 0 Å². The Balaban J connectivity index is 1.09. The zero-order chi connectivity index (χ0) is 37.6. The van der Waals surface area contributed by atoms with Crippen molar-refractivity contribution in [2.45, 2.75) is 183 Å². The maximum absolute atomic E-state index is 14.0. The molecule has 7 aliphatic carbocycles. The first-order valence-electron chi connectivity index (χ1n) is 21.6. The van der Waals surface area contributed by atoms with E-state index in [1.807, 2.05) is 13.8 Å². The van der Waals surface area contributed by atoms with Gasteiger partial charge in [-0.3, -0.25) is 14.4 Å². The van der Waals surface area contributed by atoms with Crippen LogP contribution in [0.1, 0.15) is 171 Å². The van der Waals surface area contributed by atoms with Gasteiger partial charge >= 0.3 is 11.9 Å². The summed E-state index contributed by atoms with van der Waals surface area (Å²) in [5.74, 6) is 3.61. The van der Waals surface area contributed by atoms with E-state index in [1.165, 1.54) is 82.6 Å². The van der Waals surface area contributed by atoms with Gasteiger partial charge in [0.25, 0.3) is 0 Å². The normalized spacial score (nSPS) is 46.2. The van der Waals surface area contributed by atoms with E-state index in [-0.39, 0.29) is 52.0 Å². The van der Waals surface area contributed by atoms with Crippen LogP contribution in [-0.4, -0.2) is 35.1 Å². The van der Waals surface area contributed by atoms with Gasteiger partial charge in [-0.05, 0) is 159 Å². The fourth-order valence-corrected chi connectivity index (χ4v) is 16.1. The molecule has 6 heteroatoms. The number of rotatable bonds is 9. The van der Waals surface area contributed by atoms with Crippen LogP contribution in [0.25, 0.3) is 0 Å². The molecular formula is C46H73NO5. The Morgan fingerprint density at radius 3 is 2.13 bits per heavy atom. The third-order valence-corrected chi connectivity index (χ3v) is 18.5. The first kappa shape index (κ1) is 38.4. The molecule has 0 aliphatic heterocycles. The number of carboxylic acid groups (broad SMARTS) is 1. The number of nitrogens with one attached hydrogen (secondary N) is 1. The number of carboxylic acids is 1. The highest BCUT2D eigenvalue weighted by molar-refractivity contribution is 5.77. The molecule has 0 saturated heterocycles. The summed E-state index contributed by atoms with van der Waals surface area (Å²) in [5, 5.41) is 13.0. The quantitative estimate of drug-likeness (QED) is 0.183. The molecule has 7 aliphatic rings. The summed E-state index contributed by atoms with van der Waals surface area (Å²) in [5.41, 5.74) is 1.27. The highest BCUT2D eigenvalue weighted by atomic mass is 16.5. The molecule has 2 bridgehead atoms. The van der Waals surface area contributed by atoms with Gasteiger partial charge in [0.1, 0.15) is 6.10 Å². The first-order chi connectivity index (χ1) is 24.2. The molecule has 12 atom stereocenters. The highest BCUT2D eigenvalue weighted by Crippen LogP contribution is 2.78. The number of hydrogen-bond donors (Lipinski definition) is 2. The molecule has 0 spiro atoms. The zero-order valence-corrected chi connectivity index (χ0v) is 34.2. The predicted molar refractivity (Wildman–Crippen MR) is 206 cm³/mol. The summed E-state index contributed by atoms with van der Waals surface area (Å²) >= 11 is 0. The number of allylic oxidation sites excluding steroid dienone is 1. The zero-order valence-electron chi connectivity index (χ0n) is 34.2. The maximum Gasteiger partial charge on any atom is 0.306 e. The van der Waals surface area contributed by atoms with E-state index in [1.54, 1.807) is 0 Å². The van der Waals surface area contributed by atoms with E-state index >= 15 is 0 Å². The van der Waals surface area contributed by atoms with Gasteiger partial charge < -0.3 is 15.2 Å². The third-order valence-electron chi connectivity index (χ3n) is 18.5. The van der Waals surface area contributed by atoms with Gasteiger partial charge in [-0.15, -0.1) is 0 Å². The number of esters is 1. The molecule has 52 heavy (non-hydrogen) atoms. The van der Waals surface area contributed by atoms with Gasteiger partial charge in [0.05, 0.1) is 12.8 Å². The Kier molecular flexibility index (Phi) is 9.70. The van der Waals surface area contributed by atoms with Crippen molar-refractivity contribution in [3.63, 3.8) is 0 Å². The molecule has 7 saturated carbocycles. The van der Waals surface area contributed by atoms with Crippen molar-refractivity contribution in [2.75, 3.05) is 0 Å². The molecule has 7 fully saturated rings. The number of hydrogen-bond acceptors (Lipinski definition) is 4. The Bertz CT molecular complexity index is 1440. The summed E-state index contributed by atoms with van der Waals surface area (Å²) in [6.07, 6.45) is 18.7. The van der Waals surface area contributed by atoms with E-state index in [2.05, 4.69) is 53.4 Å². The SMILES string of the molecule is C=C(C)[C@@H]1CC[C@]2(CC(=O)NC3CC4CCC(C4)C3)CC[C@]3(C)[C@H](CC[C@@H]4[C@@]5(C)CC[C@H](OC(=O)CC(C)(C)CC(=O)O)C(C)(C)[C@@H]5CC[C@]43C)[C@@H]12. The van der Waals surface area contributed by atoms with Crippen LogP contribution in [0.3, 0.4) is 0 Å². The first-order valence-corrected chi connectivity index (χ1v) is 21.6. The average Bonchev–Trinajstić information content (AvgIpc) is 3.57. The van der Waals surface area contributed by atoms with Crippen molar-refractivity contribution >= 4 is 17.8 Å². The number of aliphatic carboxylic acids is 1. The lowest BCUT2D eigenvalue weighted by Crippen LogP contribution is -2.67. The minimum atomic E-state index is -0.876. The van der Waals surface area contributed by atoms with Crippen LogP contribution >= 0.6 is 0 Å². The monoisotopic (exact) mass is 720 g/mol. The van der Waals surface area contributed by atoms with E-state index in [4.69, 9.17) is 4.74 Å². The summed E-state index contributed by atoms with van der Waals surface area (Å²) in [6.45, 7) is 23.2. The van der Waals surface area contributed by atoms with Crippen LogP contribution in [0.2, 0.25) is 0 Å². The van der Waals surface area contributed by atoms with Crippen LogP contribution in [0.15, 0.2) is 12.2 Å². The number of carbonyl (C=O) groups is 3. The Labute approximate surface area is 315 Å². The van der Waals surface area contributed by atoms with Gasteiger partial charge in [-0.25, -0.2) is 0 Å². The fraction of sp³-hybridized carbons (Fsp3) is 0.891. The van der Waals surface area contributed by atoms with Crippen LogP contribution in [0.4, 0.5) is 0 Å². The fourth-order valence-electron chi connectivity index (χ4n) is 16.1. The molecule has 1 amide bonds. The second kappa shape index (κ2) is 13.1. The molecule has 0 aromatic carbocycles. The van der Waals surface area contributed by atoms with Crippen LogP contribution in [-0.2, 0) is 19.1 Å². The second-order valence-electron chi connectivity index (χ2n) is 22.3. The lowest BCUT2D eigenvalue weighted by atomic mass is 9.32. The minimum Gasteiger partial charge on any atom is -0.481 e. The van der Waals surface area contributed by atoms with E-state index in [9.17, 15) is 19.5 Å². The molecule has 2 N–H and O–H groups in total. The van der Waals surface area contributed by atoms with Crippen molar-refractivity contribution in [2.24, 2.45) is 73.9 Å². The number of fused-ring (bicyclic) bond motifs is 9. The molecule has 0 heterocycles. The van der Waals surface area contributed by atoms with E-state index < -0.39 is 11.4 Å². The largest absolute Gasteiger partial charge is 0.481 e. The molecule has 2 unspecified atom stereocenters. The molecule has 0 aromatic heterocycles. The standard InChI is InChI=1S/C46H73NO5/c1-28(2)32-14-19-46(25-37(48)47-31-23-29-10-11-30(22-29)24-31)21-20-44(8)33(40(32)46)12-13-35-43(7)17-16-36(42(5,6)34(43)15-18-45(35,44)9)52-39(51)27-41(3,4)26-38(49)50/h29-36,40H,1,10-27H2,2-9H3,(H,47,48)(H,49,50)/t29?,30?,31?,32-,33+,34-,35+,36-,40+,43-,44+,45+,46+/m0/s1. The Morgan fingerprint density at radius 1 is 0.788 bits per heavy atom. The van der Waals surface area contributed by atoms with E-state index in [0.29, 0.717) is 48.0 Å². The molecular weight excluding hydrogens is 647 g/mol. The number of ether oxygens (including phenoxy) is 1. The predicted octanol–water partition coefficient (Wildman–Crippen LogP) is 10.5. The molecule has 292 valence electrons. The Hall–Kier alpha value is -1.85. The Morgan fingerprint density at radius 2 is 1.48 bits per heavy atom. The highest BCUT2D eigenvalue weighted by Gasteiger charge is 2.71. The van der Waals surface area contributed by atoms with Crippen molar-refractivity contribution in [3.8, 4) is 0 Å². The average molecular weight is 720 g/mol. The molecule has 7 rings (SSSR count). The van der Waals surface area contributed by atoms with Crippen molar-refractivity contribution in [1.29, 1.82) is 0 Å². The molecule has 6 nitrogen and oxygen atoms in total. The third kappa shape index (κ3) is 6.22. The molecule has 0 aromatic rings. The van der Waals surface area contributed by atoms with E-state index in [0.717, 1.165) is 31.1 Å². The van der Waals surface area contributed by atoms with Gasteiger partial charge in [0.2, 0.25) is 5.91 Å². The minimum absolute atomic E-state index is 0.0413. The van der Waals surface area contributed by atoms with Crippen molar-refractivity contribution < 1.29 is 24.2 Å². The summed E-state index contributed by atoms with van der Waals surface area (Å²) in [7, 11) is 0. The van der Waals surface area contributed by atoms with Gasteiger partial charge in [0, 0.05) is 17.9 Å². The van der Waals surface area contributed by atoms with Gasteiger partial charge in [0.15, 0.2) is 0 Å². The second-order valence-corrected chi connectivity index (χ2v) is 22.3. The smallest absolute Gasteiger partial charge is 0.306 e. The topological polar surface area (TPSA) is 92.7 Å². The summed E-state index contributed by atoms with van der Waals surface area (Å²) < 4.78 is 6.30. The van der Waals surface area contributed by atoms with Gasteiger partial charge in [-0.1, -0.05) is 73.5 Å². The van der Waals surface area contributed by atoms with Crippen LogP contribution in [0, 0.1) is 73.9 Å². The van der Waals surface area contributed by atoms with Crippen LogP contribution in [0.5, 0.6) is 0 Å². The van der Waals surface area contributed by atoms with Crippen molar-refractivity contribution in [1.82, 2.24) is 5.32 Å².